The van der Waals surface area contributed by atoms with Crippen LogP contribution < -0.4 is 5.32 Å². The van der Waals surface area contributed by atoms with Crippen molar-refractivity contribution in [2.45, 2.75) is 6.92 Å². The molecule has 1 amide bonds. The summed E-state index contributed by atoms with van der Waals surface area (Å²) in [6, 6.07) is 3.61. The second kappa shape index (κ2) is 4.48. The number of nitrogens with one attached hydrogen (secondary N) is 1. The zero-order chi connectivity index (χ0) is 12.3. The van der Waals surface area contributed by atoms with Gasteiger partial charge in [0, 0.05) is 17.3 Å². The van der Waals surface area contributed by atoms with E-state index < -0.39 is 11.9 Å². The topological polar surface area (TPSA) is 86.6 Å². The van der Waals surface area contributed by atoms with Crippen molar-refractivity contribution in [2.24, 2.45) is 0 Å². The Morgan fingerprint density at radius 3 is 2.44 bits per heavy atom. The lowest BCUT2D eigenvalue weighted by Gasteiger charge is -2.06. The van der Waals surface area contributed by atoms with Crippen LogP contribution in [0.15, 0.2) is 30.4 Å². The Morgan fingerprint density at radius 2 is 1.94 bits per heavy atom. The molecule has 5 heteroatoms. The molecule has 1 aromatic carbocycles. The molecule has 1 rings (SSSR count). The molecule has 16 heavy (non-hydrogen) atoms. The minimum atomic E-state index is -1.18. The van der Waals surface area contributed by atoms with Crippen LogP contribution in [-0.2, 0) is 4.79 Å². The second-order valence-corrected chi connectivity index (χ2v) is 3.31. The van der Waals surface area contributed by atoms with E-state index in [-0.39, 0.29) is 17.0 Å². The molecular weight excluding hydrogens is 210 g/mol. The first-order valence-corrected chi connectivity index (χ1v) is 4.44. The largest absolute Gasteiger partial charge is 0.508 e. The Balaban J connectivity index is 3.01. The molecule has 0 saturated heterocycles. The summed E-state index contributed by atoms with van der Waals surface area (Å²) in [4.78, 5) is 21.9. The van der Waals surface area contributed by atoms with Crippen LogP contribution in [0.2, 0.25) is 0 Å². The molecule has 0 aliphatic heterocycles. The van der Waals surface area contributed by atoms with Crippen LogP contribution >= 0.6 is 0 Å². The van der Waals surface area contributed by atoms with Crippen LogP contribution in [0, 0.1) is 0 Å². The Bertz CT molecular complexity index is 465. The van der Waals surface area contributed by atoms with E-state index in [0.717, 1.165) is 6.07 Å². The fraction of sp³-hybridized carbons (Fsp3) is 0.0909. The first-order valence-electron chi connectivity index (χ1n) is 4.44. The number of hydrogen-bond acceptors (Lipinski definition) is 3. The van der Waals surface area contributed by atoms with Gasteiger partial charge in [0.25, 0.3) is 5.91 Å². The zero-order valence-electron chi connectivity index (χ0n) is 8.65. The number of carboxylic acid groups (broad SMARTS) is 1. The summed E-state index contributed by atoms with van der Waals surface area (Å²) in [6.45, 7) is 4.96. The maximum absolute atomic E-state index is 11.3. The fourth-order valence-electron chi connectivity index (χ4n) is 1.04. The number of benzene rings is 1. The van der Waals surface area contributed by atoms with Crippen LogP contribution in [-0.4, -0.2) is 22.1 Å². The summed E-state index contributed by atoms with van der Waals surface area (Å²) >= 11 is 0. The maximum atomic E-state index is 11.3. The van der Waals surface area contributed by atoms with Gasteiger partial charge in [-0.2, -0.15) is 0 Å². The third-order valence-electron chi connectivity index (χ3n) is 1.81. The summed E-state index contributed by atoms with van der Waals surface area (Å²) < 4.78 is 0. The summed E-state index contributed by atoms with van der Waals surface area (Å²) in [5.74, 6) is -1.83. The molecule has 0 aliphatic carbocycles. The molecule has 0 atom stereocenters. The monoisotopic (exact) mass is 221 g/mol. The van der Waals surface area contributed by atoms with Gasteiger partial charge in [0.15, 0.2) is 0 Å². The zero-order valence-corrected chi connectivity index (χ0v) is 8.65. The van der Waals surface area contributed by atoms with Crippen molar-refractivity contribution < 1.29 is 19.8 Å². The first kappa shape index (κ1) is 11.8. The number of phenolic OH excluding ortho intramolecular Hbond substituents is 1. The highest BCUT2D eigenvalue weighted by molar-refractivity contribution is 6.03. The van der Waals surface area contributed by atoms with Gasteiger partial charge in [0.2, 0.25) is 0 Å². The molecular formula is C11H11NO4. The minimum Gasteiger partial charge on any atom is -0.508 e. The highest BCUT2D eigenvalue weighted by atomic mass is 16.4. The van der Waals surface area contributed by atoms with Crippen LogP contribution in [0.4, 0.5) is 5.69 Å². The summed E-state index contributed by atoms with van der Waals surface area (Å²) in [6.07, 6.45) is 0. The number of phenols is 1. The van der Waals surface area contributed by atoms with Gasteiger partial charge in [-0.3, -0.25) is 4.79 Å². The number of aromatic hydroxyl groups is 1. The number of aromatic carboxylic acids is 1. The van der Waals surface area contributed by atoms with Crippen molar-refractivity contribution in [3.05, 3.63) is 35.9 Å². The van der Waals surface area contributed by atoms with E-state index in [0.29, 0.717) is 5.57 Å². The lowest BCUT2D eigenvalue weighted by atomic mass is 10.2. The molecule has 5 nitrogen and oxygen atoms in total. The van der Waals surface area contributed by atoms with E-state index in [2.05, 4.69) is 11.9 Å². The van der Waals surface area contributed by atoms with Gasteiger partial charge in [-0.05, 0) is 19.1 Å². The van der Waals surface area contributed by atoms with Crippen LogP contribution in [0.25, 0.3) is 0 Å². The minimum absolute atomic E-state index is 0.1000. The van der Waals surface area contributed by atoms with Gasteiger partial charge < -0.3 is 15.5 Å². The molecule has 0 heterocycles. The quantitative estimate of drug-likeness (QED) is 0.676. The maximum Gasteiger partial charge on any atom is 0.335 e. The van der Waals surface area contributed by atoms with Crippen molar-refractivity contribution in [2.75, 3.05) is 5.32 Å². The average Bonchev–Trinajstić information content (AvgIpc) is 2.16. The van der Waals surface area contributed by atoms with Crippen LogP contribution in [0.3, 0.4) is 0 Å². The number of rotatable bonds is 3. The van der Waals surface area contributed by atoms with E-state index in [1.807, 2.05) is 0 Å². The molecule has 0 fully saturated rings. The fourth-order valence-corrected chi connectivity index (χ4v) is 1.04. The molecule has 0 bridgehead atoms. The lowest BCUT2D eigenvalue weighted by Crippen LogP contribution is -2.12. The number of hydrogen-bond donors (Lipinski definition) is 3. The Hall–Kier alpha value is -2.30. The summed E-state index contributed by atoms with van der Waals surface area (Å²) in [7, 11) is 0. The number of carbonyl (C=O) groups excluding carboxylic acids is 1. The number of amides is 1. The highest BCUT2D eigenvalue weighted by Crippen LogP contribution is 2.20. The van der Waals surface area contributed by atoms with Gasteiger partial charge in [0.1, 0.15) is 5.75 Å². The summed E-state index contributed by atoms with van der Waals surface area (Å²) in [5.41, 5.74) is 0.405. The van der Waals surface area contributed by atoms with E-state index in [1.54, 1.807) is 0 Å². The lowest BCUT2D eigenvalue weighted by molar-refractivity contribution is -0.112. The van der Waals surface area contributed by atoms with Gasteiger partial charge in [-0.1, -0.05) is 6.58 Å². The molecule has 84 valence electrons. The Kier molecular flexibility index (Phi) is 3.30. The highest BCUT2D eigenvalue weighted by Gasteiger charge is 2.09. The Labute approximate surface area is 92.0 Å². The third-order valence-corrected chi connectivity index (χ3v) is 1.81. The molecule has 1 aromatic rings. The molecule has 0 spiro atoms. The van der Waals surface area contributed by atoms with Gasteiger partial charge in [0.05, 0.1) is 5.56 Å². The van der Waals surface area contributed by atoms with E-state index in [9.17, 15) is 14.7 Å². The predicted octanol–water partition coefficient (Wildman–Crippen LogP) is 1.60. The SMILES string of the molecule is C=C(C)C(=O)Nc1cc(O)cc(C(=O)O)c1. The van der Waals surface area contributed by atoms with Crippen molar-refractivity contribution in [1.29, 1.82) is 0 Å². The van der Waals surface area contributed by atoms with Crippen LogP contribution in [0.1, 0.15) is 17.3 Å². The van der Waals surface area contributed by atoms with Gasteiger partial charge in [-0.15, -0.1) is 0 Å². The van der Waals surface area contributed by atoms with E-state index in [4.69, 9.17) is 5.11 Å². The van der Waals surface area contributed by atoms with Crippen molar-refractivity contribution in [3.63, 3.8) is 0 Å². The molecule has 0 aromatic heterocycles. The van der Waals surface area contributed by atoms with E-state index >= 15 is 0 Å². The number of carbonyl (C=O) groups is 2. The molecule has 3 N–H and O–H groups in total. The molecule has 0 unspecified atom stereocenters. The van der Waals surface area contributed by atoms with Crippen molar-refractivity contribution in [3.8, 4) is 5.75 Å². The second-order valence-electron chi connectivity index (χ2n) is 3.31. The number of carboxylic acids is 1. The normalized spacial score (nSPS) is 9.56. The molecule has 0 saturated carbocycles. The van der Waals surface area contributed by atoms with E-state index in [1.165, 1.54) is 19.1 Å². The van der Waals surface area contributed by atoms with Crippen molar-refractivity contribution in [1.82, 2.24) is 0 Å². The summed E-state index contributed by atoms with van der Waals surface area (Å²) in [5, 5.41) is 20.4. The standard InChI is InChI=1S/C11H11NO4/c1-6(2)10(14)12-8-3-7(11(15)16)4-9(13)5-8/h3-5,13H,1H2,2H3,(H,12,14)(H,15,16). The van der Waals surface area contributed by atoms with Crippen molar-refractivity contribution >= 4 is 17.6 Å². The molecule has 0 radical (unpaired) electrons. The van der Waals surface area contributed by atoms with Gasteiger partial charge >= 0.3 is 5.97 Å². The van der Waals surface area contributed by atoms with Gasteiger partial charge in [-0.25, -0.2) is 4.79 Å². The number of anilines is 1. The third kappa shape index (κ3) is 2.84. The average molecular weight is 221 g/mol. The smallest absolute Gasteiger partial charge is 0.335 e. The van der Waals surface area contributed by atoms with Crippen LogP contribution in [0.5, 0.6) is 5.75 Å². The predicted molar refractivity (Wildman–Crippen MR) is 58.5 cm³/mol. The Morgan fingerprint density at radius 1 is 1.31 bits per heavy atom. The first-order chi connectivity index (χ1) is 7.40. The molecule has 0 aliphatic rings.